The number of para-hydroxylation sites is 1. The third kappa shape index (κ3) is 2.87. The second-order valence-corrected chi connectivity index (χ2v) is 5.30. The molecule has 0 bridgehead atoms. The highest BCUT2D eigenvalue weighted by atomic mass is 35.5. The van der Waals surface area contributed by atoms with Gasteiger partial charge in [-0.15, -0.1) is 0 Å². The third-order valence-corrected chi connectivity index (χ3v) is 3.55. The molecule has 3 rings (SSSR count). The predicted molar refractivity (Wildman–Crippen MR) is 89.8 cm³/mol. The quantitative estimate of drug-likeness (QED) is 0.733. The lowest BCUT2D eigenvalue weighted by molar-refractivity contribution is 0.835. The minimum atomic E-state index is -0.124. The molecule has 0 saturated heterocycles. The van der Waals surface area contributed by atoms with Crippen LogP contribution in [0.5, 0.6) is 0 Å². The van der Waals surface area contributed by atoms with Crippen LogP contribution in [0.25, 0.3) is 5.69 Å². The first-order valence-corrected chi connectivity index (χ1v) is 7.19. The summed E-state index contributed by atoms with van der Waals surface area (Å²) in [4.78, 5) is 16.8. The summed E-state index contributed by atoms with van der Waals surface area (Å²) in [6.45, 7) is 1.85. The van der Waals surface area contributed by atoms with Crippen LogP contribution in [0.4, 0.5) is 5.69 Å². The molecule has 22 heavy (non-hydrogen) atoms. The Morgan fingerprint density at radius 1 is 1.09 bits per heavy atom. The van der Waals surface area contributed by atoms with E-state index in [9.17, 15) is 4.79 Å². The number of hydrogen-bond acceptors (Lipinski definition) is 2. The Labute approximate surface area is 132 Å². The minimum Gasteiger partial charge on any atom is -0.295 e. The summed E-state index contributed by atoms with van der Waals surface area (Å²) in [7, 11) is 0. The number of aryl methyl sites for hydroxylation is 1. The van der Waals surface area contributed by atoms with Gasteiger partial charge in [0, 0.05) is 16.9 Å². The number of aromatic amines is 1. The molecule has 0 amide bonds. The summed E-state index contributed by atoms with van der Waals surface area (Å²) < 4.78 is 1.51. The van der Waals surface area contributed by atoms with Gasteiger partial charge in [-0.1, -0.05) is 29.8 Å². The SMILES string of the molecule is Cc1[nH]n(-c2ccccc2)c(=O)c1C=Nc1ccc(Cl)cc1. The van der Waals surface area contributed by atoms with Gasteiger partial charge in [0.1, 0.15) is 0 Å². The van der Waals surface area contributed by atoms with E-state index >= 15 is 0 Å². The number of nitrogens with zero attached hydrogens (tertiary/aromatic N) is 2. The van der Waals surface area contributed by atoms with Crippen LogP contribution in [0.1, 0.15) is 11.3 Å². The van der Waals surface area contributed by atoms with E-state index in [0.717, 1.165) is 17.1 Å². The molecule has 1 heterocycles. The Kier molecular flexibility index (Phi) is 3.94. The molecule has 3 aromatic rings. The van der Waals surface area contributed by atoms with Crippen molar-refractivity contribution in [1.82, 2.24) is 9.78 Å². The fourth-order valence-corrected chi connectivity index (χ4v) is 2.26. The van der Waals surface area contributed by atoms with Crippen LogP contribution in [-0.4, -0.2) is 16.0 Å². The van der Waals surface area contributed by atoms with E-state index in [1.807, 2.05) is 37.3 Å². The van der Waals surface area contributed by atoms with E-state index in [-0.39, 0.29) is 5.56 Å². The molecular weight excluding hydrogens is 298 g/mol. The van der Waals surface area contributed by atoms with Crippen LogP contribution in [0.3, 0.4) is 0 Å². The largest absolute Gasteiger partial charge is 0.295 e. The van der Waals surface area contributed by atoms with Crippen molar-refractivity contribution in [3.05, 3.63) is 81.2 Å². The van der Waals surface area contributed by atoms with Crippen molar-refractivity contribution >= 4 is 23.5 Å². The molecule has 1 N–H and O–H groups in total. The zero-order valence-corrected chi connectivity index (χ0v) is 12.7. The van der Waals surface area contributed by atoms with Crippen molar-refractivity contribution in [2.75, 3.05) is 0 Å². The zero-order chi connectivity index (χ0) is 15.5. The van der Waals surface area contributed by atoms with Gasteiger partial charge in [0.05, 0.1) is 16.9 Å². The molecule has 110 valence electrons. The van der Waals surface area contributed by atoms with E-state index in [2.05, 4.69) is 10.1 Å². The lowest BCUT2D eigenvalue weighted by Crippen LogP contribution is -2.17. The molecule has 0 unspecified atom stereocenters. The number of nitrogens with one attached hydrogen (secondary N) is 1. The fraction of sp³-hybridized carbons (Fsp3) is 0.0588. The molecule has 1 aromatic heterocycles. The first kappa shape index (κ1) is 14.4. The van der Waals surface area contributed by atoms with Gasteiger partial charge < -0.3 is 0 Å². The lowest BCUT2D eigenvalue weighted by atomic mass is 10.2. The number of halogens is 1. The van der Waals surface area contributed by atoms with Crippen LogP contribution in [0, 0.1) is 6.92 Å². The minimum absolute atomic E-state index is 0.124. The standard InChI is InChI=1S/C17H14ClN3O/c1-12-16(11-19-14-9-7-13(18)8-10-14)17(22)21(20-12)15-5-3-2-4-6-15/h2-11,20H,1H3. The Hall–Kier alpha value is -2.59. The van der Waals surface area contributed by atoms with Crippen molar-refractivity contribution in [3.8, 4) is 5.69 Å². The Balaban J connectivity index is 1.97. The highest BCUT2D eigenvalue weighted by molar-refractivity contribution is 6.30. The maximum atomic E-state index is 12.5. The van der Waals surface area contributed by atoms with Crippen molar-refractivity contribution < 1.29 is 0 Å². The topological polar surface area (TPSA) is 50.1 Å². The van der Waals surface area contributed by atoms with E-state index in [4.69, 9.17) is 11.6 Å². The van der Waals surface area contributed by atoms with Crippen molar-refractivity contribution in [2.24, 2.45) is 4.99 Å². The van der Waals surface area contributed by atoms with Gasteiger partial charge >= 0.3 is 0 Å². The monoisotopic (exact) mass is 311 g/mol. The normalized spacial score (nSPS) is 11.2. The molecule has 0 aliphatic carbocycles. The van der Waals surface area contributed by atoms with Crippen LogP contribution in [0.2, 0.25) is 5.02 Å². The van der Waals surface area contributed by atoms with E-state index in [1.165, 1.54) is 4.68 Å². The van der Waals surface area contributed by atoms with Crippen molar-refractivity contribution in [3.63, 3.8) is 0 Å². The van der Waals surface area contributed by atoms with Gasteiger partial charge in [-0.25, -0.2) is 4.68 Å². The lowest BCUT2D eigenvalue weighted by Gasteiger charge is -1.99. The van der Waals surface area contributed by atoms with Gasteiger partial charge in [0.25, 0.3) is 5.56 Å². The van der Waals surface area contributed by atoms with Crippen LogP contribution in [0.15, 0.2) is 64.4 Å². The van der Waals surface area contributed by atoms with Crippen molar-refractivity contribution in [1.29, 1.82) is 0 Å². The summed E-state index contributed by atoms with van der Waals surface area (Å²) in [5.74, 6) is 0. The van der Waals surface area contributed by atoms with Gasteiger partial charge in [-0.2, -0.15) is 0 Å². The summed E-state index contributed by atoms with van der Waals surface area (Å²) in [6.07, 6.45) is 1.58. The number of H-pyrrole nitrogens is 1. The maximum Gasteiger partial charge on any atom is 0.280 e. The molecule has 5 heteroatoms. The highest BCUT2D eigenvalue weighted by Gasteiger charge is 2.10. The van der Waals surface area contributed by atoms with Crippen LogP contribution in [-0.2, 0) is 0 Å². The molecule has 0 radical (unpaired) electrons. The first-order valence-electron chi connectivity index (χ1n) is 6.82. The van der Waals surface area contributed by atoms with E-state index < -0.39 is 0 Å². The molecular formula is C17H14ClN3O. The third-order valence-electron chi connectivity index (χ3n) is 3.30. The molecule has 0 fully saturated rings. The maximum absolute atomic E-state index is 12.5. The van der Waals surface area contributed by atoms with Crippen LogP contribution < -0.4 is 5.56 Å². The number of rotatable bonds is 3. The van der Waals surface area contributed by atoms with E-state index in [0.29, 0.717) is 10.6 Å². The van der Waals surface area contributed by atoms with Gasteiger partial charge in [0.2, 0.25) is 0 Å². The predicted octanol–water partition coefficient (Wildman–Crippen LogP) is 3.88. The molecule has 0 aliphatic rings. The summed E-state index contributed by atoms with van der Waals surface area (Å²) >= 11 is 5.84. The average Bonchev–Trinajstić information content (AvgIpc) is 2.82. The molecule has 0 saturated carbocycles. The molecule has 4 nitrogen and oxygen atoms in total. The number of aliphatic imine (C=N–C) groups is 1. The number of benzene rings is 2. The van der Waals surface area contributed by atoms with Gasteiger partial charge in [0.15, 0.2) is 0 Å². The Bertz CT molecular complexity index is 861. The van der Waals surface area contributed by atoms with Crippen molar-refractivity contribution in [2.45, 2.75) is 6.92 Å². The fourth-order valence-electron chi connectivity index (χ4n) is 2.14. The zero-order valence-electron chi connectivity index (χ0n) is 12.0. The number of aromatic nitrogens is 2. The molecule has 0 spiro atoms. The molecule has 0 atom stereocenters. The van der Waals surface area contributed by atoms with Gasteiger partial charge in [-0.3, -0.25) is 14.9 Å². The Morgan fingerprint density at radius 2 is 1.77 bits per heavy atom. The molecule has 0 aliphatic heterocycles. The average molecular weight is 312 g/mol. The smallest absolute Gasteiger partial charge is 0.280 e. The summed E-state index contributed by atoms with van der Waals surface area (Å²) in [5.41, 5.74) is 2.73. The van der Waals surface area contributed by atoms with E-state index in [1.54, 1.807) is 30.5 Å². The number of hydrogen-bond donors (Lipinski definition) is 1. The van der Waals surface area contributed by atoms with Gasteiger partial charge in [-0.05, 0) is 43.3 Å². The Morgan fingerprint density at radius 3 is 2.45 bits per heavy atom. The summed E-state index contributed by atoms with van der Waals surface area (Å²) in [5, 5.41) is 3.72. The highest BCUT2D eigenvalue weighted by Crippen LogP contribution is 2.16. The van der Waals surface area contributed by atoms with Crippen LogP contribution >= 0.6 is 11.6 Å². The summed E-state index contributed by atoms with van der Waals surface area (Å²) in [6, 6.07) is 16.6. The first-order chi connectivity index (χ1) is 10.6. The second-order valence-electron chi connectivity index (χ2n) is 4.86. The second kappa shape index (κ2) is 6.03. The molecule has 2 aromatic carbocycles.